The molecule has 2 aliphatic rings. The summed E-state index contributed by atoms with van der Waals surface area (Å²) >= 11 is 0. The van der Waals surface area contributed by atoms with Crippen molar-refractivity contribution >= 4 is 11.9 Å². The van der Waals surface area contributed by atoms with Gasteiger partial charge in [0.25, 0.3) is 0 Å². The maximum absolute atomic E-state index is 12.0. The normalized spacial score (nSPS) is 25.6. The molecule has 1 heterocycles. The fraction of sp³-hybridized carbons (Fsp3) is 0.833. The van der Waals surface area contributed by atoms with E-state index in [9.17, 15) is 9.59 Å². The molecule has 1 unspecified atom stereocenters. The summed E-state index contributed by atoms with van der Waals surface area (Å²) in [6.45, 7) is 0.977. The Morgan fingerprint density at radius 2 is 2.00 bits per heavy atom. The van der Waals surface area contributed by atoms with E-state index in [0.29, 0.717) is 12.5 Å². The zero-order valence-corrected chi connectivity index (χ0v) is 10.3. The van der Waals surface area contributed by atoms with Gasteiger partial charge in [-0.1, -0.05) is 6.42 Å². The first-order valence-corrected chi connectivity index (χ1v) is 6.32. The lowest BCUT2D eigenvalue weighted by molar-refractivity contribution is -0.146. The van der Waals surface area contributed by atoms with Gasteiger partial charge in [0.05, 0.1) is 6.54 Å². The maximum atomic E-state index is 12.0. The van der Waals surface area contributed by atoms with Crippen molar-refractivity contribution in [2.75, 3.05) is 20.1 Å². The standard InChI is InChI=1S/C12H20N2O3/c1-13(9-5-6-9)11(15)8-14-7-3-2-4-10(14)12(16)17/h9-10H,2-8H2,1H3,(H,16,17). The van der Waals surface area contributed by atoms with Crippen LogP contribution in [0.5, 0.6) is 0 Å². The van der Waals surface area contributed by atoms with Crippen LogP contribution >= 0.6 is 0 Å². The Morgan fingerprint density at radius 3 is 2.59 bits per heavy atom. The Hall–Kier alpha value is -1.10. The lowest BCUT2D eigenvalue weighted by atomic mass is 10.0. The number of carboxylic acids is 1. The third kappa shape index (κ3) is 2.97. The van der Waals surface area contributed by atoms with Crippen LogP contribution in [0, 0.1) is 0 Å². The predicted octanol–water partition coefficient (Wildman–Crippen LogP) is 0.546. The van der Waals surface area contributed by atoms with Crippen molar-refractivity contribution in [1.29, 1.82) is 0 Å². The summed E-state index contributed by atoms with van der Waals surface area (Å²) in [5, 5.41) is 9.12. The van der Waals surface area contributed by atoms with Crippen molar-refractivity contribution < 1.29 is 14.7 Å². The highest BCUT2D eigenvalue weighted by Gasteiger charge is 2.33. The summed E-state index contributed by atoms with van der Waals surface area (Å²) in [5.41, 5.74) is 0. The molecule has 5 heteroatoms. The molecule has 0 radical (unpaired) electrons. The van der Waals surface area contributed by atoms with E-state index in [-0.39, 0.29) is 12.5 Å². The number of hydrogen-bond acceptors (Lipinski definition) is 3. The largest absolute Gasteiger partial charge is 0.480 e. The Morgan fingerprint density at radius 1 is 1.29 bits per heavy atom. The number of rotatable bonds is 4. The summed E-state index contributed by atoms with van der Waals surface area (Å²) in [6.07, 6.45) is 4.77. The number of nitrogens with zero attached hydrogens (tertiary/aromatic N) is 2. The number of carbonyl (C=O) groups excluding carboxylic acids is 1. The molecule has 1 amide bonds. The van der Waals surface area contributed by atoms with Crippen LogP contribution in [0.4, 0.5) is 0 Å². The van der Waals surface area contributed by atoms with E-state index in [4.69, 9.17) is 5.11 Å². The van der Waals surface area contributed by atoms with Crippen molar-refractivity contribution in [3.8, 4) is 0 Å². The molecule has 0 aromatic heterocycles. The number of piperidine rings is 1. The molecule has 5 nitrogen and oxygen atoms in total. The Labute approximate surface area is 101 Å². The second-order valence-electron chi connectivity index (χ2n) is 5.06. The molecule has 1 aliphatic carbocycles. The first kappa shape index (κ1) is 12.4. The van der Waals surface area contributed by atoms with Gasteiger partial charge < -0.3 is 10.0 Å². The maximum Gasteiger partial charge on any atom is 0.320 e. The predicted molar refractivity (Wildman–Crippen MR) is 62.6 cm³/mol. The van der Waals surface area contributed by atoms with Crippen molar-refractivity contribution in [3.63, 3.8) is 0 Å². The second-order valence-corrected chi connectivity index (χ2v) is 5.06. The lowest BCUT2D eigenvalue weighted by Crippen LogP contribution is -2.49. The fourth-order valence-corrected chi connectivity index (χ4v) is 2.41. The molecular formula is C12H20N2O3. The van der Waals surface area contributed by atoms with Gasteiger partial charge in [0.2, 0.25) is 5.91 Å². The van der Waals surface area contributed by atoms with Crippen LogP contribution in [0.1, 0.15) is 32.1 Å². The summed E-state index contributed by atoms with van der Waals surface area (Å²) < 4.78 is 0. The van der Waals surface area contributed by atoms with Crippen LogP contribution in [-0.4, -0.2) is 59.0 Å². The molecule has 0 aromatic carbocycles. The van der Waals surface area contributed by atoms with Gasteiger partial charge in [0.1, 0.15) is 6.04 Å². The molecule has 2 fully saturated rings. The summed E-state index contributed by atoms with van der Waals surface area (Å²) in [6, 6.07) is -0.0733. The zero-order valence-electron chi connectivity index (χ0n) is 10.3. The Kier molecular flexibility index (Phi) is 3.66. The third-order valence-electron chi connectivity index (χ3n) is 3.73. The topological polar surface area (TPSA) is 60.9 Å². The van der Waals surface area contributed by atoms with Gasteiger partial charge in [-0.15, -0.1) is 0 Å². The molecule has 0 aromatic rings. The number of likely N-dealkylation sites (tertiary alicyclic amines) is 1. The fourth-order valence-electron chi connectivity index (χ4n) is 2.41. The average molecular weight is 240 g/mol. The molecule has 2 rings (SSSR count). The first-order valence-electron chi connectivity index (χ1n) is 6.32. The summed E-state index contributed by atoms with van der Waals surface area (Å²) in [7, 11) is 1.82. The van der Waals surface area contributed by atoms with Gasteiger partial charge in [0.15, 0.2) is 0 Å². The van der Waals surface area contributed by atoms with Gasteiger partial charge in [-0.25, -0.2) is 0 Å². The van der Waals surface area contributed by atoms with Gasteiger partial charge in [-0.3, -0.25) is 14.5 Å². The zero-order chi connectivity index (χ0) is 12.4. The number of carbonyl (C=O) groups is 2. The molecule has 96 valence electrons. The highest BCUT2D eigenvalue weighted by molar-refractivity contribution is 5.80. The number of hydrogen-bond donors (Lipinski definition) is 1. The Balaban J connectivity index is 1.90. The van der Waals surface area contributed by atoms with Gasteiger partial charge in [-0.05, 0) is 32.2 Å². The van der Waals surface area contributed by atoms with Crippen LogP contribution in [-0.2, 0) is 9.59 Å². The quantitative estimate of drug-likeness (QED) is 0.779. The van der Waals surface area contributed by atoms with E-state index in [2.05, 4.69) is 0 Å². The average Bonchev–Trinajstić information content (AvgIpc) is 3.12. The number of likely N-dealkylation sites (N-methyl/N-ethyl adjacent to an activating group) is 1. The van der Waals surface area contributed by atoms with E-state index >= 15 is 0 Å². The highest BCUT2D eigenvalue weighted by atomic mass is 16.4. The van der Waals surface area contributed by atoms with Crippen molar-refractivity contribution in [3.05, 3.63) is 0 Å². The van der Waals surface area contributed by atoms with Gasteiger partial charge >= 0.3 is 5.97 Å². The second kappa shape index (κ2) is 5.04. The van der Waals surface area contributed by atoms with E-state index in [1.807, 2.05) is 11.9 Å². The molecule has 1 atom stereocenters. The van der Waals surface area contributed by atoms with Crippen LogP contribution in [0.2, 0.25) is 0 Å². The smallest absolute Gasteiger partial charge is 0.320 e. The van der Waals surface area contributed by atoms with Crippen LogP contribution in [0.15, 0.2) is 0 Å². The van der Waals surface area contributed by atoms with E-state index in [1.54, 1.807) is 4.90 Å². The molecule has 1 saturated carbocycles. The van der Waals surface area contributed by atoms with Crippen molar-refractivity contribution in [2.45, 2.75) is 44.2 Å². The van der Waals surface area contributed by atoms with Crippen molar-refractivity contribution in [1.82, 2.24) is 9.80 Å². The van der Waals surface area contributed by atoms with E-state index < -0.39 is 12.0 Å². The number of aliphatic carboxylic acids is 1. The number of carboxylic acid groups (broad SMARTS) is 1. The third-order valence-corrected chi connectivity index (χ3v) is 3.73. The summed E-state index contributed by atoms with van der Waals surface area (Å²) in [5.74, 6) is -0.743. The molecular weight excluding hydrogens is 220 g/mol. The molecule has 17 heavy (non-hydrogen) atoms. The molecule has 0 spiro atoms. The monoisotopic (exact) mass is 240 g/mol. The minimum atomic E-state index is -0.799. The summed E-state index contributed by atoms with van der Waals surface area (Å²) in [4.78, 5) is 26.6. The van der Waals surface area contributed by atoms with Gasteiger partial charge in [-0.2, -0.15) is 0 Å². The molecule has 1 saturated heterocycles. The SMILES string of the molecule is CN(C(=O)CN1CCCCC1C(=O)O)C1CC1. The van der Waals surface area contributed by atoms with Gasteiger partial charge in [0, 0.05) is 13.1 Å². The van der Waals surface area contributed by atoms with E-state index in [0.717, 1.165) is 32.2 Å². The van der Waals surface area contributed by atoms with E-state index in [1.165, 1.54) is 0 Å². The molecule has 1 aliphatic heterocycles. The van der Waals surface area contributed by atoms with Crippen molar-refractivity contribution in [2.24, 2.45) is 0 Å². The minimum absolute atomic E-state index is 0.0562. The highest BCUT2D eigenvalue weighted by Crippen LogP contribution is 2.26. The first-order chi connectivity index (χ1) is 8.09. The number of amides is 1. The minimum Gasteiger partial charge on any atom is -0.480 e. The molecule has 1 N–H and O–H groups in total. The Bertz CT molecular complexity index is 315. The lowest BCUT2D eigenvalue weighted by Gasteiger charge is -2.33. The van der Waals surface area contributed by atoms with Crippen LogP contribution in [0.3, 0.4) is 0 Å². The molecule has 0 bridgehead atoms. The van der Waals surface area contributed by atoms with Crippen LogP contribution in [0.25, 0.3) is 0 Å². The van der Waals surface area contributed by atoms with Crippen LogP contribution < -0.4 is 0 Å².